The average Bonchev–Trinajstić information content (AvgIpc) is 2.35. The molecule has 0 aromatic carbocycles. The molecule has 1 saturated heterocycles. The summed E-state index contributed by atoms with van der Waals surface area (Å²) in [5.41, 5.74) is -0.455. The van der Waals surface area contributed by atoms with Crippen molar-refractivity contribution in [3.63, 3.8) is 0 Å². The third-order valence-electron chi connectivity index (χ3n) is 3.75. The van der Waals surface area contributed by atoms with E-state index >= 15 is 0 Å². The molecule has 1 fully saturated rings. The third-order valence-corrected chi connectivity index (χ3v) is 3.75. The van der Waals surface area contributed by atoms with Gasteiger partial charge in [0.1, 0.15) is 5.60 Å². The Balaban J connectivity index is 2.49. The highest BCUT2D eigenvalue weighted by Gasteiger charge is 2.36. The van der Waals surface area contributed by atoms with Crippen LogP contribution in [0, 0.1) is 0 Å². The number of carbonyl (C=O) groups is 1. The second-order valence-electron chi connectivity index (χ2n) is 6.46. The number of hydrogen-bond donors (Lipinski definition) is 0. The molecular weight excluding hydrogens is 242 g/mol. The summed E-state index contributed by atoms with van der Waals surface area (Å²) in [7, 11) is 1.79. The number of rotatable bonds is 4. The molecule has 0 saturated carbocycles. The Bertz CT molecular complexity index is 288. The van der Waals surface area contributed by atoms with Gasteiger partial charge in [-0.1, -0.05) is 19.8 Å². The summed E-state index contributed by atoms with van der Waals surface area (Å²) in [6.07, 6.45) is 5.06. The van der Waals surface area contributed by atoms with Crippen LogP contribution in [0.5, 0.6) is 0 Å². The quantitative estimate of drug-likeness (QED) is 0.784. The van der Waals surface area contributed by atoms with E-state index in [4.69, 9.17) is 9.47 Å². The molecule has 4 nitrogen and oxygen atoms in total. The lowest BCUT2D eigenvalue weighted by Crippen LogP contribution is -2.48. The number of amides is 1. The minimum absolute atomic E-state index is 0.0332. The number of likely N-dealkylation sites (tertiary alicyclic amines) is 1. The summed E-state index contributed by atoms with van der Waals surface area (Å²) in [5, 5.41) is 0. The van der Waals surface area contributed by atoms with Gasteiger partial charge in [0.05, 0.1) is 5.60 Å². The smallest absolute Gasteiger partial charge is 0.410 e. The van der Waals surface area contributed by atoms with Crippen molar-refractivity contribution in [2.24, 2.45) is 0 Å². The molecule has 0 aromatic rings. The molecular formula is C15H29NO3. The van der Waals surface area contributed by atoms with E-state index in [9.17, 15) is 4.79 Å². The number of nitrogens with zero attached hydrogens (tertiary/aromatic N) is 1. The molecule has 0 bridgehead atoms. The summed E-state index contributed by atoms with van der Waals surface area (Å²) >= 11 is 0. The zero-order chi connectivity index (χ0) is 14.5. The molecule has 1 aliphatic heterocycles. The first kappa shape index (κ1) is 16.3. The summed E-state index contributed by atoms with van der Waals surface area (Å²) in [5.74, 6) is 0. The fourth-order valence-electron chi connectivity index (χ4n) is 2.48. The maximum Gasteiger partial charge on any atom is 0.410 e. The van der Waals surface area contributed by atoms with Crippen LogP contribution in [0.1, 0.15) is 59.8 Å². The Morgan fingerprint density at radius 2 is 1.84 bits per heavy atom. The van der Waals surface area contributed by atoms with Crippen LogP contribution in [0.4, 0.5) is 4.79 Å². The van der Waals surface area contributed by atoms with Crippen molar-refractivity contribution < 1.29 is 14.3 Å². The number of methoxy groups -OCH3 is 1. The van der Waals surface area contributed by atoms with Crippen molar-refractivity contribution in [3.05, 3.63) is 0 Å². The summed E-state index contributed by atoms with van der Waals surface area (Å²) in [6.45, 7) is 9.35. The Morgan fingerprint density at radius 3 is 2.26 bits per heavy atom. The van der Waals surface area contributed by atoms with Gasteiger partial charge in [0, 0.05) is 20.2 Å². The number of hydrogen-bond acceptors (Lipinski definition) is 3. The second-order valence-corrected chi connectivity index (χ2v) is 6.46. The number of piperidine rings is 1. The van der Waals surface area contributed by atoms with Crippen molar-refractivity contribution in [3.8, 4) is 0 Å². The molecule has 1 heterocycles. The molecule has 0 aromatic heterocycles. The van der Waals surface area contributed by atoms with E-state index in [0.29, 0.717) is 0 Å². The van der Waals surface area contributed by atoms with Crippen LogP contribution in [-0.4, -0.2) is 42.4 Å². The molecule has 112 valence electrons. The van der Waals surface area contributed by atoms with Gasteiger partial charge in [0.2, 0.25) is 0 Å². The Morgan fingerprint density at radius 1 is 1.26 bits per heavy atom. The molecule has 0 N–H and O–H groups in total. The molecule has 0 spiro atoms. The summed E-state index contributed by atoms with van der Waals surface area (Å²) < 4.78 is 11.1. The van der Waals surface area contributed by atoms with Crippen LogP contribution in [0.25, 0.3) is 0 Å². The Labute approximate surface area is 117 Å². The summed E-state index contributed by atoms with van der Waals surface area (Å²) in [6, 6.07) is 0. The Hall–Kier alpha value is -0.770. The van der Waals surface area contributed by atoms with Gasteiger partial charge < -0.3 is 14.4 Å². The van der Waals surface area contributed by atoms with E-state index in [-0.39, 0.29) is 11.7 Å². The minimum atomic E-state index is -0.422. The maximum atomic E-state index is 12.0. The normalized spacial score (nSPS) is 19.3. The van der Waals surface area contributed by atoms with Gasteiger partial charge in [0.15, 0.2) is 0 Å². The predicted octanol–water partition coefficient (Wildman–Crippen LogP) is 3.59. The first-order chi connectivity index (χ1) is 8.82. The monoisotopic (exact) mass is 271 g/mol. The lowest BCUT2D eigenvalue weighted by molar-refractivity contribution is -0.0661. The van der Waals surface area contributed by atoms with Crippen LogP contribution in [-0.2, 0) is 9.47 Å². The van der Waals surface area contributed by atoms with E-state index < -0.39 is 5.60 Å². The Kier molecular flexibility index (Phi) is 5.65. The van der Waals surface area contributed by atoms with Gasteiger partial charge in [-0.3, -0.25) is 0 Å². The molecule has 0 radical (unpaired) electrons. The molecule has 0 atom stereocenters. The van der Waals surface area contributed by atoms with Crippen molar-refractivity contribution in [1.29, 1.82) is 0 Å². The van der Waals surface area contributed by atoms with Gasteiger partial charge in [-0.25, -0.2) is 4.79 Å². The van der Waals surface area contributed by atoms with Gasteiger partial charge >= 0.3 is 6.09 Å². The van der Waals surface area contributed by atoms with Gasteiger partial charge in [-0.15, -0.1) is 0 Å². The van der Waals surface area contributed by atoms with Gasteiger partial charge in [0.25, 0.3) is 0 Å². The first-order valence-corrected chi connectivity index (χ1v) is 7.35. The maximum absolute atomic E-state index is 12.0. The molecule has 19 heavy (non-hydrogen) atoms. The van der Waals surface area contributed by atoms with E-state index in [1.807, 2.05) is 20.8 Å². The van der Waals surface area contributed by atoms with Crippen molar-refractivity contribution in [1.82, 2.24) is 4.90 Å². The number of ether oxygens (including phenoxy) is 2. The van der Waals surface area contributed by atoms with Gasteiger partial charge in [-0.2, -0.15) is 0 Å². The highest BCUT2D eigenvalue weighted by molar-refractivity contribution is 5.68. The zero-order valence-corrected chi connectivity index (χ0v) is 13.1. The van der Waals surface area contributed by atoms with Crippen LogP contribution >= 0.6 is 0 Å². The van der Waals surface area contributed by atoms with Crippen molar-refractivity contribution in [2.45, 2.75) is 71.0 Å². The largest absolute Gasteiger partial charge is 0.444 e. The van der Waals surface area contributed by atoms with Crippen LogP contribution in [0.3, 0.4) is 0 Å². The van der Waals surface area contributed by atoms with E-state index in [0.717, 1.165) is 32.4 Å². The number of unbranched alkanes of at least 4 members (excludes halogenated alkanes) is 1. The zero-order valence-electron chi connectivity index (χ0n) is 13.1. The highest BCUT2D eigenvalue weighted by atomic mass is 16.6. The first-order valence-electron chi connectivity index (χ1n) is 7.35. The highest BCUT2D eigenvalue weighted by Crippen LogP contribution is 2.31. The molecule has 1 rings (SSSR count). The summed E-state index contributed by atoms with van der Waals surface area (Å²) in [4.78, 5) is 13.8. The fourth-order valence-corrected chi connectivity index (χ4v) is 2.48. The fraction of sp³-hybridized carbons (Fsp3) is 0.933. The molecule has 0 unspecified atom stereocenters. The van der Waals surface area contributed by atoms with Crippen molar-refractivity contribution >= 4 is 6.09 Å². The standard InChI is InChI=1S/C15H29NO3/c1-6-7-8-15(18-5)9-11-16(12-10-15)13(17)19-14(2,3)4/h6-12H2,1-5H3. The predicted molar refractivity (Wildman–Crippen MR) is 76.3 cm³/mol. The molecule has 1 aliphatic rings. The second kappa shape index (κ2) is 6.60. The van der Waals surface area contributed by atoms with Gasteiger partial charge in [-0.05, 0) is 40.0 Å². The lowest BCUT2D eigenvalue weighted by Gasteiger charge is -2.41. The van der Waals surface area contributed by atoms with Crippen LogP contribution in [0.2, 0.25) is 0 Å². The van der Waals surface area contributed by atoms with E-state index in [1.54, 1.807) is 12.0 Å². The van der Waals surface area contributed by atoms with E-state index in [2.05, 4.69) is 6.92 Å². The van der Waals surface area contributed by atoms with E-state index in [1.165, 1.54) is 12.8 Å². The molecule has 0 aliphatic carbocycles. The molecule has 4 heteroatoms. The average molecular weight is 271 g/mol. The number of carbonyl (C=O) groups excluding carboxylic acids is 1. The lowest BCUT2D eigenvalue weighted by atomic mass is 9.86. The minimum Gasteiger partial charge on any atom is -0.444 e. The third kappa shape index (κ3) is 5.01. The van der Waals surface area contributed by atoms with Crippen LogP contribution in [0.15, 0.2) is 0 Å². The topological polar surface area (TPSA) is 38.8 Å². The SMILES string of the molecule is CCCCC1(OC)CCN(C(=O)OC(C)(C)C)CC1. The molecule has 1 amide bonds. The van der Waals surface area contributed by atoms with Crippen molar-refractivity contribution in [2.75, 3.05) is 20.2 Å². The van der Waals surface area contributed by atoms with Crippen LogP contribution < -0.4 is 0 Å².